The Kier molecular flexibility index (Phi) is 11.3. The fourth-order valence-electron chi connectivity index (χ4n) is 2.22. The SMILES string of the molecule is CC(CCCN)N1CCC(C(N)=O)CC1.Cl.Cl. The van der Waals surface area contributed by atoms with E-state index in [9.17, 15) is 4.79 Å². The number of nitrogens with two attached hydrogens (primary N) is 2. The Hall–Kier alpha value is -0.0300. The van der Waals surface area contributed by atoms with E-state index in [0.29, 0.717) is 6.04 Å². The standard InChI is InChI=1S/C11H23N3O.2ClH/c1-9(3-2-6-12)14-7-4-10(5-8-14)11(13)15;;/h9-10H,2-8,12H2,1H3,(H2,13,15);2*1H. The maximum atomic E-state index is 11.0. The summed E-state index contributed by atoms with van der Waals surface area (Å²) in [6.07, 6.45) is 4.07. The molecule has 4 N–H and O–H groups in total. The van der Waals surface area contributed by atoms with Crippen LogP contribution in [0.3, 0.4) is 0 Å². The zero-order chi connectivity index (χ0) is 11.3. The van der Waals surface area contributed by atoms with Crippen LogP contribution >= 0.6 is 24.8 Å². The number of halogens is 2. The molecule has 1 rings (SSSR count). The molecule has 0 aromatic heterocycles. The van der Waals surface area contributed by atoms with Crippen LogP contribution in [0.1, 0.15) is 32.6 Å². The summed E-state index contributed by atoms with van der Waals surface area (Å²) in [6, 6.07) is 0.586. The second kappa shape index (κ2) is 9.95. The minimum Gasteiger partial charge on any atom is -0.369 e. The minimum absolute atomic E-state index is 0. The Balaban J connectivity index is 0. The van der Waals surface area contributed by atoms with Crippen molar-refractivity contribution in [3.05, 3.63) is 0 Å². The van der Waals surface area contributed by atoms with Crippen molar-refractivity contribution in [2.24, 2.45) is 17.4 Å². The molecule has 0 radical (unpaired) electrons. The van der Waals surface area contributed by atoms with Gasteiger partial charge in [-0.1, -0.05) is 0 Å². The molecule has 1 heterocycles. The largest absolute Gasteiger partial charge is 0.369 e. The minimum atomic E-state index is -0.135. The summed E-state index contributed by atoms with van der Waals surface area (Å²) >= 11 is 0. The third kappa shape index (κ3) is 6.46. The number of rotatable bonds is 5. The zero-order valence-corrected chi connectivity index (χ0v) is 12.1. The third-order valence-corrected chi connectivity index (χ3v) is 3.38. The molecule has 1 unspecified atom stereocenters. The maximum Gasteiger partial charge on any atom is 0.220 e. The number of hydrogen-bond donors (Lipinski definition) is 2. The number of piperidine rings is 1. The predicted molar refractivity (Wildman–Crippen MR) is 75.7 cm³/mol. The van der Waals surface area contributed by atoms with Crippen molar-refractivity contribution < 1.29 is 4.79 Å². The van der Waals surface area contributed by atoms with Gasteiger partial charge in [0.1, 0.15) is 0 Å². The average Bonchev–Trinajstić information content (AvgIpc) is 2.26. The Bertz CT molecular complexity index is 209. The summed E-state index contributed by atoms with van der Waals surface area (Å²) in [4.78, 5) is 13.4. The van der Waals surface area contributed by atoms with Gasteiger partial charge in [0.2, 0.25) is 5.91 Å². The van der Waals surface area contributed by atoms with Gasteiger partial charge in [0.25, 0.3) is 0 Å². The lowest BCUT2D eigenvalue weighted by atomic mass is 9.95. The highest BCUT2D eigenvalue weighted by molar-refractivity contribution is 5.85. The van der Waals surface area contributed by atoms with Crippen LogP contribution in [-0.2, 0) is 4.79 Å². The van der Waals surface area contributed by atoms with Gasteiger partial charge >= 0.3 is 0 Å². The fraction of sp³-hybridized carbons (Fsp3) is 0.909. The van der Waals surface area contributed by atoms with Crippen molar-refractivity contribution in [3.63, 3.8) is 0 Å². The predicted octanol–water partition coefficient (Wildman–Crippen LogP) is 1.15. The molecule has 0 aliphatic carbocycles. The van der Waals surface area contributed by atoms with Gasteiger partial charge < -0.3 is 16.4 Å². The number of likely N-dealkylation sites (tertiary alicyclic amines) is 1. The highest BCUT2D eigenvalue weighted by Crippen LogP contribution is 2.19. The van der Waals surface area contributed by atoms with Crippen molar-refractivity contribution in [2.75, 3.05) is 19.6 Å². The van der Waals surface area contributed by atoms with E-state index in [0.717, 1.165) is 45.3 Å². The van der Waals surface area contributed by atoms with Crippen LogP contribution < -0.4 is 11.5 Å². The molecule has 104 valence electrons. The van der Waals surface area contributed by atoms with Gasteiger partial charge in [-0.05, 0) is 52.2 Å². The van der Waals surface area contributed by atoms with E-state index >= 15 is 0 Å². The van der Waals surface area contributed by atoms with Crippen LogP contribution in [-0.4, -0.2) is 36.5 Å². The summed E-state index contributed by atoms with van der Waals surface area (Å²) in [6.45, 7) is 5.00. The van der Waals surface area contributed by atoms with Crippen LogP contribution in [0.15, 0.2) is 0 Å². The van der Waals surface area contributed by atoms with Crippen LogP contribution in [0.4, 0.5) is 0 Å². The van der Waals surface area contributed by atoms with E-state index in [-0.39, 0.29) is 36.6 Å². The number of primary amides is 1. The molecule has 0 bridgehead atoms. The zero-order valence-electron chi connectivity index (χ0n) is 10.4. The van der Waals surface area contributed by atoms with Gasteiger partial charge in [-0.15, -0.1) is 24.8 Å². The molecule has 0 aromatic rings. The first-order valence-electron chi connectivity index (χ1n) is 5.88. The first-order chi connectivity index (χ1) is 7.15. The van der Waals surface area contributed by atoms with Gasteiger partial charge in [-0.25, -0.2) is 0 Å². The van der Waals surface area contributed by atoms with E-state index in [1.807, 2.05) is 0 Å². The van der Waals surface area contributed by atoms with Gasteiger partial charge in [-0.2, -0.15) is 0 Å². The summed E-state index contributed by atoms with van der Waals surface area (Å²) in [5, 5.41) is 0. The molecule has 4 nitrogen and oxygen atoms in total. The van der Waals surface area contributed by atoms with Crippen molar-refractivity contribution in [2.45, 2.75) is 38.6 Å². The van der Waals surface area contributed by atoms with E-state index in [1.54, 1.807) is 0 Å². The lowest BCUT2D eigenvalue weighted by molar-refractivity contribution is -0.123. The van der Waals surface area contributed by atoms with E-state index in [2.05, 4.69) is 11.8 Å². The topological polar surface area (TPSA) is 72.3 Å². The fourth-order valence-corrected chi connectivity index (χ4v) is 2.22. The van der Waals surface area contributed by atoms with E-state index < -0.39 is 0 Å². The van der Waals surface area contributed by atoms with Crippen LogP contribution in [0.25, 0.3) is 0 Å². The highest BCUT2D eigenvalue weighted by atomic mass is 35.5. The molecule has 1 saturated heterocycles. The smallest absolute Gasteiger partial charge is 0.220 e. The summed E-state index contributed by atoms with van der Waals surface area (Å²) in [5.74, 6) is -0.0350. The Morgan fingerprint density at radius 2 is 1.88 bits per heavy atom. The lowest BCUT2D eigenvalue weighted by Crippen LogP contribution is -2.42. The van der Waals surface area contributed by atoms with E-state index in [4.69, 9.17) is 11.5 Å². The first kappa shape index (κ1) is 19.3. The van der Waals surface area contributed by atoms with Crippen LogP contribution in [0.2, 0.25) is 0 Å². The third-order valence-electron chi connectivity index (χ3n) is 3.38. The number of amides is 1. The Labute approximate surface area is 116 Å². The quantitative estimate of drug-likeness (QED) is 0.796. The van der Waals surface area contributed by atoms with Crippen molar-refractivity contribution in [3.8, 4) is 0 Å². The number of carbonyl (C=O) groups excluding carboxylic acids is 1. The molecule has 1 aliphatic heterocycles. The molecule has 1 aliphatic rings. The Morgan fingerprint density at radius 1 is 1.35 bits per heavy atom. The first-order valence-corrected chi connectivity index (χ1v) is 5.88. The molecular formula is C11H25Cl2N3O. The Morgan fingerprint density at radius 3 is 2.29 bits per heavy atom. The van der Waals surface area contributed by atoms with Crippen LogP contribution in [0, 0.1) is 5.92 Å². The molecule has 0 aromatic carbocycles. The molecule has 1 amide bonds. The van der Waals surface area contributed by atoms with E-state index in [1.165, 1.54) is 0 Å². The highest BCUT2D eigenvalue weighted by Gasteiger charge is 2.25. The number of nitrogens with zero attached hydrogens (tertiary/aromatic N) is 1. The van der Waals surface area contributed by atoms with Gasteiger partial charge in [-0.3, -0.25) is 4.79 Å². The van der Waals surface area contributed by atoms with Gasteiger partial charge in [0.05, 0.1) is 0 Å². The summed E-state index contributed by atoms with van der Waals surface area (Å²) in [5.41, 5.74) is 10.8. The maximum absolute atomic E-state index is 11.0. The molecular weight excluding hydrogens is 261 g/mol. The van der Waals surface area contributed by atoms with Crippen molar-refractivity contribution >= 4 is 30.7 Å². The molecule has 0 spiro atoms. The molecule has 6 heteroatoms. The van der Waals surface area contributed by atoms with Gasteiger partial charge in [0, 0.05) is 12.0 Å². The number of hydrogen-bond acceptors (Lipinski definition) is 3. The molecule has 17 heavy (non-hydrogen) atoms. The monoisotopic (exact) mass is 285 g/mol. The van der Waals surface area contributed by atoms with Gasteiger partial charge in [0.15, 0.2) is 0 Å². The molecule has 1 fully saturated rings. The second-order valence-corrected chi connectivity index (χ2v) is 4.49. The molecule has 0 saturated carbocycles. The van der Waals surface area contributed by atoms with Crippen molar-refractivity contribution in [1.82, 2.24) is 4.90 Å². The number of carbonyl (C=O) groups is 1. The summed E-state index contributed by atoms with van der Waals surface area (Å²) in [7, 11) is 0. The second-order valence-electron chi connectivity index (χ2n) is 4.49. The molecule has 1 atom stereocenters. The van der Waals surface area contributed by atoms with Crippen molar-refractivity contribution in [1.29, 1.82) is 0 Å². The average molecular weight is 286 g/mol. The van der Waals surface area contributed by atoms with Crippen LogP contribution in [0.5, 0.6) is 0 Å². The normalized spacial score (nSPS) is 18.9. The lowest BCUT2D eigenvalue weighted by Gasteiger charge is -2.35. The summed E-state index contributed by atoms with van der Waals surface area (Å²) < 4.78 is 0.